The number of hydrogen-bond donors (Lipinski definition) is 1. The monoisotopic (exact) mass is 225 g/mol. The summed E-state index contributed by atoms with van der Waals surface area (Å²) in [4.78, 5) is 2.73. The molecule has 0 aromatic rings. The normalized spacial score (nSPS) is 45.8. The van der Waals surface area contributed by atoms with E-state index in [4.69, 9.17) is 0 Å². The molecule has 0 unspecified atom stereocenters. The fraction of sp³-hybridized carbons (Fsp3) is 1.00. The van der Waals surface area contributed by atoms with E-state index in [2.05, 4.69) is 32.6 Å². The molecule has 0 radical (unpaired) electrons. The zero-order valence-electron chi connectivity index (χ0n) is 11.2. The SMILES string of the molecule is CC(C)[C@@H]1C[C@H](O)C[C@@H]2[C@H](C)CC[C@@H](C)N21. The second-order valence-corrected chi connectivity index (χ2v) is 6.35. The van der Waals surface area contributed by atoms with E-state index >= 15 is 0 Å². The van der Waals surface area contributed by atoms with E-state index in [1.54, 1.807) is 0 Å². The Balaban J connectivity index is 2.20. The summed E-state index contributed by atoms with van der Waals surface area (Å²) in [5, 5.41) is 10.0. The van der Waals surface area contributed by atoms with Gasteiger partial charge in [0.2, 0.25) is 0 Å². The van der Waals surface area contributed by atoms with Crippen LogP contribution in [0.1, 0.15) is 53.4 Å². The van der Waals surface area contributed by atoms with Crippen LogP contribution >= 0.6 is 0 Å². The number of hydrogen-bond acceptors (Lipinski definition) is 2. The zero-order valence-corrected chi connectivity index (χ0v) is 11.2. The third-order valence-electron chi connectivity index (χ3n) is 4.77. The van der Waals surface area contributed by atoms with E-state index in [-0.39, 0.29) is 6.10 Å². The molecule has 16 heavy (non-hydrogen) atoms. The van der Waals surface area contributed by atoms with Gasteiger partial charge in [0.05, 0.1) is 6.10 Å². The van der Waals surface area contributed by atoms with E-state index in [9.17, 15) is 5.11 Å². The third kappa shape index (κ3) is 2.14. The van der Waals surface area contributed by atoms with Gasteiger partial charge in [-0.15, -0.1) is 0 Å². The molecule has 0 spiro atoms. The number of aliphatic hydroxyl groups excluding tert-OH is 1. The Morgan fingerprint density at radius 1 is 1.12 bits per heavy atom. The van der Waals surface area contributed by atoms with Crippen molar-refractivity contribution in [1.82, 2.24) is 4.90 Å². The predicted octanol–water partition coefficient (Wildman–Crippen LogP) is 2.65. The molecule has 2 nitrogen and oxygen atoms in total. The Morgan fingerprint density at radius 3 is 2.44 bits per heavy atom. The Morgan fingerprint density at radius 2 is 1.81 bits per heavy atom. The van der Waals surface area contributed by atoms with Crippen LogP contribution in [-0.2, 0) is 0 Å². The van der Waals surface area contributed by atoms with E-state index in [0.717, 1.165) is 18.8 Å². The van der Waals surface area contributed by atoms with Crippen LogP contribution in [0, 0.1) is 11.8 Å². The minimum absolute atomic E-state index is 0.0681. The fourth-order valence-electron chi connectivity index (χ4n) is 3.78. The lowest BCUT2D eigenvalue weighted by atomic mass is 9.76. The summed E-state index contributed by atoms with van der Waals surface area (Å²) in [6.07, 6.45) is 4.57. The van der Waals surface area contributed by atoms with Gasteiger partial charge < -0.3 is 5.11 Å². The molecule has 2 fully saturated rings. The highest BCUT2D eigenvalue weighted by Gasteiger charge is 2.43. The molecule has 0 amide bonds. The van der Waals surface area contributed by atoms with Crippen molar-refractivity contribution < 1.29 is 5.11 Å². The molecule has 0 aromatic heterocycles. The van der Waals surface area contributed by atoms with Crippen LogP contribution in [0.25, 0.3) is 0 Å². The first-order valence-electron chi connectivity index (χ1n) is 6.96. The molecule has 5 atom stereocenters. The molecule has 2 rings (SSSR count). The summed E-state index contributed by atoms with van der Waals surface area (Å²) in [5.74, 6) is 1.41. The lowest BCUT2D eigenvalue weighted by molar-refractivity contribution is -0.0763. The average Bonchev–Trinajstić information content (AvgIpc) is 2.22. The number of aliphatic hydroxyl groups is 1. The summed E-state index contributed by atoms with van der Waals surface area (Å²) >= 11 is 0. The van der Waals surface area contributed by atoms with Crippen molar-refractivity contribution in [1.29, 1.82) is 0 Å². The third-order valence-corrected chi connectivity index (χ3v) is 4.77. The largest absolute Gasteiger partial charge is 0.393 e. The Labute approximate surface area is 100 Å². The zero-order chi connectivity index (χ0) is 11.9. The molecule has 2 aliphatic rings. The fourth-order valence-corrected chi connectivity index (χ4v) is 3.78. The Hall–Kier alpha value is -0.0800. The maximum Gasteiger partial charge on any atom is 0.0570 e. The van der Waals surface area contributed by atoms with Crippen molar-refractivity contribution in [2.75, 3.05) is 0 Å². The maximum absolute atomic E-state index is 10.0. The van der Waals surface area contributed by atoms with Gasteiger partial charge in [-0.05, 0) is 44.4 Å². The van der Waals surface area contributed by atoms with Gasteiger partial charge >= 0.3 is 0 Å². The first-order chi connectivity index (χ1) is 7.50. The molecule has 1 N–H and O–H groups in total. The highest BCUT2D eigenvalue weighted by Crippen LogP contribution is 2.39. The second kappa shape index (κ2) is 4.66. The lowest BCUT2D eigenvalue weighted by Crippen LogP contribution is -2.60. The number of rotatable bonds is 1. The molecule has 2 heterocycles. The molecule has 2 aliphatic heterocycles. The summed E-state index contributed by atoms with van der Waals surface area (Å²) in [6.45, 7) is 9.32. The van der Waals surface area contributed by atoms with Crippen LogP contribution < -0.4 is 0 Å². The van der Waals surface area contributed by atoms with Gasteiger partial charge in [-0.2, -0.15) is 0 Å². The summed E-state index contributed by atoms with van der Waals surface area (Å²) < 4.78 is 0. The van der Waals surface area contributed by atoms with Gasteiger partial charge in [-0.3, -0.25) is 4.90 Å². The molecular weight excluding hydrogens is 198 g/mol. The van der Waals surface area contributed by atoms with Crippen LogP contribution in [0.4, 0.5) is 0 Å². The topological polar surface area (TPSA) is 23.5 Å². The molecule has 0 aliphatic carbocycles. The van der Waals surface area contributed by atoms with Crippen LogP contribution in [-0.4, -0.2) is 34.2 Å². The molecule has 0 aromatic carbocycles. The first-order valence-corrected chi connectivity index (χ1v) is 6.96. The maximum atomic E-state index is 10.0. The second-order valence-electron chi connectivity index (χ2n) is 6.35. The summed E-state index contributed by atoms with van der Waals surface area (Å²) in [5.41, 5.74) is 0. The van der Waals surface area contributed by atoms with Gasteiger partial charge in [0.15, 0.2) is 0 Å². The van der Waals surface area contributed by atoms with Crippen molar-refractivity contribution in [3.8, 4) is 0 Å². The summed E-state index contributed by atoms with van der Waals surface area (Å²) in [6, 6.07) is 1.92. The van der Waals surface area contributed by atoms with Gasteiger partial charge in [-0.1, -0.05) is 20.8 Å². The smallest absolute Gasteiger partial charge is 0.0570 e. The van der Waals surface area contributed by atoms with Gasteiger partial charge in [-0.25, -0.2) is 0 Å². The van der Waals surface area contributed by atoms with Crippen molar-refractivity contribution in [3.63, 3.8) is 0 Å². The Bertz CT molecular complexity index is 233. The number of fused-ring (bicyclic) bond motifs is 1. The molecule has 94 valence electrons. The first kappa shape index (κ1) is 12.4. The Kier molecular flexibility index (Phi) is 3.60. The molecule has 0 bridgehead atoms. The van der Waals surface area contributed by atoms with Crippen molar-refractivity contribution in [2.24, 2.45) is 11.8 Å². The molecular formula is C14H27NO. The van der Waals surface area contributed by atoms with Gasteiger partial charge in [0.1, 0.15) is 0 Å². The molecule has 2 saturated heterocycles. The van der Waals surface area contributed by atoms with E-state index in [1.165, 1.54) is 12.8 Å². The van der Waals surface area contributed by atoms with Gasteiger partial charge in [0.25, 0.3) is 0 Å². The van der Waals surface area contributed by atoms with Crippen LogP contribution in [0.3, 0.4) is 0 Å². The van der Waals surface area contributed by atoms with E-state index in [1.807, 2.05) is 0 Å². The van der Waals surface area contributed by atoms with Crippen molar-refractivity contribution in [2.45, 2.75) is 77.6 Å². The predicted molar refractivity (Wildman–Crippen MR) is 67.4 cm³/mol. The molecule has 2 heteroatoms. The van der Waals surface area contributed by atoms with Gasteiger partial charge in [0, 0.05) is 18.1 Å². The quantitative estimate of drug-likeness (QED) is 0.741. The van der Waals surface area contributed by atoms with Crippen LogP contribution in [0.15, 0.2) is 0 Å². The summed E-state index contributed by atoms with van der Waals surface area (Å²) in [7, 11) is 0. The van der Waals surface area contributed by atoms with Crippen LogP contribution in [0.5, 0.6) is 0 Å². The minimum atomic E-state index is -0.0681. The standard InChI is InChI=1S/C14H27NO/c1-9(2)13-7-12(16)8-14-10(3)5-6-11(4)15(13)14/h9-14,16H,5-8H2,1-4H3/t10-,11-,12+,13+,14-/m1/s1. The lowest BCUT2D eigenvalue weighted by Gasteiger charge is -2.54. The van der Waals surface area contributed by atoms with E-state index < -0.39 is 0 Å². The highest BCUT2D eigenvalue weighted by molar-refractivity contribution is 4.97. The number of piperidine rings is 2. The average molecular weight is 225 g/mol. The van der Waals surface area contributed by atoms with E-state index in [0.29, 0.717) is 24.0 Å². The minimum Gasteiger partial charge on any atom is -0.393 e. The van der Waals surface area contributed by atoms with Crippen molar-refractivity contribution in [3.05, 3.63) is 0 Å². The molecule has 0 saturated carbocycles. The highest BCUT2D eigenvalue weighted by atomic mass is 16.3. The van der Waals surface area contributed by atoms with Crippen LogP contribution in [0.2, 0.25) is 0 Å². The number of nitrogens with zero attached hydrogens (tertiary/aromatic N) is 1. The van der Waals surface area contributed by atoms with Crippen molar-refractivity contribution >= 4 is 0 Å².